The molecule has 0 radical (unpaired) electrons. The fraction of sp³-hybridized carbons (Fsp3) is 0.182. The van der Waals surface area contributed by atoms with Gasteiger partial charge >= 0.3 is 0 Å². The van der Waals surface area contributed by atoms with Gasteiger partial charge in [-0.2, -0.15) is 0 Å². The Hall–Kier alpha value is -1.06. The molecule has 0 spiro atoms. The quantitative estimate of drug-likeness (QED) is 0.882. The lowest BCUT2D eigenvalue weighted by molar-refractivity contribution is 1.16. The molecule has 0 fully saturated rings. The van der Waals surface area contributed by atoms with E-state index in [1.165, 1.54) is 10.4 Å². The Morgan fingerprint density at radius 1 is 1.53 bits per heavy atom. The Labute approximate surface area is 97.9 Å². The van der Waals surface area contributed by atoms with Gasteiger partial charge < -0.3 is 5.32 Å². The van der Waals surface area contributed by atoms with Gasteiger partial charge in [0.05, 0.1) is 16.9 Å². The van der Waals surface area contributed by atoms with Crippen LogP contribution in [0.1, 0.15) is 10.4 Å². The van der Waals surface area contributed by atoms with Crippen molar-refractivity contribution >= 4 is 28.6 Å². The maximum absolute atomic E-state index is 5.84. The molecule has 2 aromatic rings. The number of aromatic nitrogens is 1. The number of halogens is 1. The fourth-order valence-corrected chi connectivity index (χ4v) is 2.29. The number of nitrogens with zero attached hydrogens (tertiary/aromatic N) is 1. The minimum atomic E-state index is 0.796. The lowest BCUT2D eigenvalue weighted by atomic mass is 10.2. The minimum absolute atomic E-state index is 0.796. The van der Waals surface area contributed by atoms with E-state index in [0.717, 1.165) is 17.3 Å². The highest BCUT2D eigenvalue weighted by Gasteiger charge is 1.99. The summed E-state index contributed by atoms with van der Waals surface area (Å²) in [4.78, 5) is 5.30. The van der Waals surface area contributed by atoms with Gasteiger partial charge in [0.25, 0.3) is 0 Å². The van der Waals surface area contributed by atoms with Crippen molar-refractivity contribution in [3.05, 3.63) is 45.4 Å². The maximum atomic E-state index is 5.84. The van der Waals surface area contributed by atoms with Crippen molar-refractivity contribution in [1.29, 1.82) is 0 Å². The van der Waals surface area contributed by atoms with Crippen LogP contribution < -0.4 is 5.32 Å². The fourth-order valence-electron chi connectivity index (χ4n) is 1.28. The van der Waals surface area contributed by atoms with Gasteiger partial charge in [0, 0.05) is 23.0 Å². The van der Waals surface area contributed by atoms with E-state index in [4.69, 9.17) is 11.6 Å². The second-order valence-corrected chi connectivity index (χ2v) is 4.71. The van der Waals surface area contributed by atoms with Crippen molar-refractivity contribution in [3.63, 3.8) is 0 Å². The molecule has 78 valence electrons. The van der Waals surface area contributed by atoms with E-state index in [9.17, 15) is 0 Å². The van der Waals surface area contributed by atoms with Crippen molar-refractivity contribution in [3.8, 4) is 0 Å². The van der Waals surface area contributed by atoms with E-state index >= 15 is 0 Å². The van der Waals surface area contributed by atoms with Gasteiger partial charge in [0.2, 0.25) is 0 Å². The first-order chi connectivity index (χ1) is 7.25. The van der Waals surface area contributed by atoms with Crippen molar-refractivity contribution in [2.45, 2.75) is 13.5 Å². The molecular formula is C11H11ClN2S. The summed E-state index contributed by atoms with van der Waals surface area (Å²) in [6, 6.07) is 3.97. The van der Waals surface area contributed by atoms with Gasteiger partial charge in [-0.1, -0.05) is 11.6 Å². The zero-order valence-electron chi connectivity index (χ0n) is 8.33. The smallest absolute Gasteiger partial charge is 0.0559 e. The number of hydrogen-bond donors (Lipinski definition) is 1. The van der Waals surface area contributed by atoms with Crippen LogP contribution in [-0.2, 0) is 6.54 Å². The van der Waals surface area contributed by atoms with Crippen molar-refractivity contribution in [2.75, 3.05) is 5.32 Å². The molecule has 2 rings (SSSR count). The number of pyridine rings is 1. The molecule has 1 N–H and O–H groups in total. The summed E-state index contributed by atoms with van der Waals surface area (Å²) in [5.41, 5.74) is 2.27. The van der Waals surface area contributed by atoms with Gasteiger partial charge in [-0.25, -0.2) is 0 Å². The summed E-state index contributed by atoms with van der Waals surface area (Å²) in [5, 5.41) is 6.08. The number of anilines is 1. The number of rotatable bonds is 3. The van der Waals surface area contributed by atoms with E-state index in [0.29, 0.717) is 0 Å². The lowest BCUT2D eigenvalue weighted by Crippen LogP contribution is -1.99. The molecule has 0 aliphatic carbocycles. The Morgan fingerprint density at radius 2 is 2.40 bits per heavy atom. The van der Waals surface area contributed by atoms with Crippen molar-refractivity contribution in [1.82, 2.24) is 4.98 Å². The highest BCUT2D eigenvalue weighted by Crippen LogP contribution is 2.20. The van der Waals surface area contributed by atoms with Crippen LogP contribution in [0.4, 0.5) is 5.69 Å². The summed E-state index contributed by atoms with van der Waals surface area (Å²) in [7, 11) is 0. The van der Waals surface area contributed by atoms with E-state index < -0.39 is 0 Å². The monoisotopic (exact) mass is 238 g/mol. The average molecular weight is 239 g/mol. The molecule has 2 heterocycles. The first kappa shape index (κ1) is 10.5. The largest absolute Gasteiger partial charge is 0.379 e. The topological polar surface area (TPSA) is 24.9 Å². The molecule has 0 aliphatic heterocycles. The highest BCUT2D eigenvalue weighted by atomic mass is 35.5. The molecular weight excluding hydrogens is 228 g/mol. The maximum Gasteiger partial charge on any atom is 0.0559 e. The average Bonchev–Trinajstić information content (AvgIpc) is 2.63. The van der Waals surface area contributed by atoms with Crippen LogP contribution in [-0.4, -0.2) is 4.98 Å². The van der Waals surface area contributed by atoms with Crippen LogP contribution in [0.5, 0.6) is 0 Å². The first-order valence-corrected chi connectivity index (χ1v) is 5.89. The summed E-state index contributed by atoms with van der Waals surface area (Å²) in [5.74, 6) is 0. The van der Waals surface area contributed by atoms with Gasteiger partial charge in [-0.05, 0) is 24.6 Å². The van der Waals surface area contributed by atoms with E-state index in [1.54, 1.807) is 17.5 Å². The van der Waals surface area contributed by atoms with E-state index in [-0.39, 0.29) is 0 Å². The molecule has 2 aromatic heterocycles. The summed E-state index contributed by atoms with van der Waals surface area (Å²) >= 11 is 7.50. The first-order valence-electron chi connectivity index (χ1n) is 4.63. The second-order valence-electron chi connectivity index (χ2n) is 3.28. The third-order valence-corrected chi connectivity index (χ3v) is 3.40. The standard InChI is InChI=1S/C11H11ClN2S/c1-8-2-3-13-6-11(8)14-5-10-4-9(12)7-15-10/h2-4,6-7,14H,5H2,1H3. The molecule has 0 bridgehead atoms. The highest BCUT2D eigenvalue weighted by molar-refractivity contribution is 7.10. The van der Waals surface area contributed by atoms with Gasteiger partial charge in [0.1, 0.15) is 0 Å². The van der Waals surface area contributed by atoms with E-state index in [1.807, 2.05) is 23.7 Å². The number of thiophene rings is 1. The summed E-state index contributed by atoms with van der Waals surface area (Å²) in [6.07, 6.45) is 3.63. The molecule has 4 heteroatoms. The number of nitrogens with one attached hydrogen (secondary N) is 1. The van der Waals surface area contributed by atoms with Crippen LogP contribution in [0.3, 0.4) is 0 Å². The summed E-state index contributed by atoms with van der Waals surface area (Å²) < 4.78 is 0. The zero-order chi connectivity index (χ0) is 10.7. The van der Waals surface area contributed by atoms with Crippen LogP contribution in [0, 0.1) is 6.92 Å². The Morgan fingerprint density at radius 3 is 3.07 bits per heavy atom. The molecule has 0 saturated carbocycles. The SMILES string of the molecule is Cc1ccncc1NCc1cc(Cl)cs1. The lowest BCUT2D eigenvalue weighted by Gasteiger charge is -2.06. The predicted octanol–water partition coefficient (Wildman–Crippen LogP) is 3.72. The number of aryl methyl sites for hydroxylation is 1. The molecule has 0 aromatic carbocycles. The van der Waals surface area contributed by atoms with E-state index in [2.05, 4.69) is 17.2 Å². The van der Waals surface area contributed by atoms with Crippen LogP contribution >= 0.6 is 22.9 Å². The van der Waals surface area contributed by atoms with Gasteiger partial charge in [0.15, 0.2) is 0 Å². The van der Waals surface area contributed by atoms with Crippen molar-refractivity contribution < 1.29 is 0 Å². The van der Waals surface area contributed by atoms with Crippen LogP contribution in [0.25, 0.3) is 0 Å². The van der Waals surface area contributed by atoms with Crippen LogP contribution in [0.15, 0.2) is 29.9 Å². The van der Waals surface area contributed by atoms with Crippen molar-refractivity contribution in [2.24, 2.45) is 0 Å². The van der Waals surface area contributed by atoms with Gasteiger partial charge in [-0.3, -0.25) is 4.98 Å². The molecule has 0 saturated heterocycles. The third-order valence-electron chi connectivity index (χ3n) is 2.11. The Bertz CT molecular complexity index is 453. The molecule has 0 atom stereocenters. The molecule has 0 amide bonds. The zero-order valence-corrected chi connectivity index (χ0v) is 9.90. The van der Waals surface area contributed by atoms with Crippen LogP contribution in [0.2, 0.25) is 5.02 Å². The molecule has 0 unspecified atom stereocenters. The second kappa shape index (κ2) is 4.64. The molecule has 15 heavy (non-hydrogen) atoms. The Balaban J connectivity index is 2.02. The minimum Gasteiger partial charge on any atom is -0.379 e. The summed E-state index contributed by atoms with van der Waals surface area (Å²) in [6.45, 7) is 2.86. The number of hydrogen-bond acceptors (Lipinski definition) is 3. The Kier molecular flexibility index (Phi) is 3.23. The molecule has 0 aliphatic rings. The predicted molar refractivity (Wildman–Crippen MR) is 65.6 cm³/mol. The molecule has 2 nitrogen and oxygen atoms in total. The third kappa shape index (κ3) is 2.70. The van der Waals surface area contributed by atoms with Gasteiger partial charge in [-0.15, -0.1) is 11.3 Å². The normalized spacial score (nSPS) is 10.3.